The lowest BCUT2D eigenvalue weighted by Crippen LogP contribution is -2.31. The quantitative estimate of drug-likeness (QED) is 0.599. The molecular formula is C22H27Cl2N5O. The molecular weight excluding hydrogens is 421 g/mol. The van der Waals surface area contributed by atoms with Gasteiger partial charge in [-0.15, -0.1) is 24.8 Å². The van der Waals surface area contributed by atoms with Gasteiger partial charge in [-0.3, -0.25) is 9.78 Å². The fraction of sp³-hybridized carbons (Fsp3) is 0.318. The first-order chi connectivity index (χ1) is 13.7. The van der Waals surface area contributed by atoms with Gasteiger partial charge in [-0.05, 0) is 43.0 Å². The van der Waals surface area contributed by atoms with Crippen LogP contribution in [0.5, 0.6) is 0 Å². The molecule has 0 unspecified atom stereocenters. The van der Waals surface area contributed by atoms with Crippen LogP contribution in [0.4, 0.5) is 0 Å². The van der Waals surface area contributed by atoms with Gasteiger partial charge in [-0.25, -0.2) is 4.68 Å². The Balaban J connectivity index is 0.00000160. The van der Waals surface area contributed by atoms with E-state index in [0.717, 1.165) is 41.8 Å². The third-order valence-corrected chi connectivity index (χ3v) is 5.41. The Bertz CT molecular complexity index is 933. The summed E-state index contributed by atoms with van der Waals surface area (Å²) in [5, 5.41) is 7.82. The molecule has 2 atom stereocenters. The minimum Gasteiger partial charge on any atom is -0.352 e. The van der Waals surface area contributed by atoms with Gasteiger partial charge in [-0.2, -0.15) is 5.10 Å². The molecule has 160 valence electrons. The predicted molar refractivity (Wildman–Crippen MR) is 123 cm³/mol. The van der Waals surface area contributed by atoms with Crippen molar-refractivity contribution in [3.8, 4) is 16.9 Å². The van der Waals surface area contributed by atoms with Crippen molar-refractivity contribution in [2.24, 2.45) is 11.7 Å². The average molecular weight is 448 g/mol. The van der Waals surface area contributed by atoms with E-state index in [1.807, 2.05) is 53.3 Å². The number of pyridine rings is 1. The minimum atomic E-state index is 0. The maximum Gasteiger partial charge on any atom is 0.220 e. The molecule has 0 spiro atoms. The number of benzene rings is 1. The van der Waals surface area contributed by atoms with E-state index in [1.165, 1.54) is 0 Å². The molecule has 0 aliphatic heterocycles. The number of carbonyl (C=O) groups is 1. The molecule has 2 heterocycles. The Hall–Kier alpha value is -2.41. The monoisotopic (exact) mass is 447 g/mol. The first-order valence-electron chi connectivity index (χ1n) is 9.77. The molecule has 1 aromatic carbocycles. The highest BCUT2D eigenvalue weighted by molar-refractivity contribution is 5.85. The van der Waals surface area contributed by atoms with Crippen molar-refractivity contribution in [1.82, 2.24) is 20.1 Å². The fourth-order valence-electron chi connectivity index (χ4n) is 3.83. The highest BCUT2D eigenvalue weighted by Gasteiger charge is 2.26. The fourth-order valence-corrected chi connectivity index (χ4v) is 3.83. The molecule has 4 rings (SSSR count). The lowest BCUT2D eigenvalue weighted by atomic mass is 10.00. The van der Waals surface area contributed by atoms with Gasteiger partial charge < -0.3 is 11.1 Å². The summed E-state index contributed by atoms with van der Waals surface area (Å²) in [5.41, 5.74) is 9.88. The number of carbonyl (C=O) groups excluding carboxylic acids is 1. The third-order valence-electron chi connectivity index (χ3n) is 5.41. The van der Waals surface area contributed by atoms with E-state index in [0.29, 0.717) is 18.9 Å². The Kier molecular flexibility index (Phi) is 8.84. The summed E-state index contributed by atoms with van der Waals surface area (Å²) < 4.78 is 1.85. The van der Waals surface area contributed by atoms with Gasteiger partial charge in [0, 0.05) is 48.7 Å². The van der Waals surface area contributed by atoms with Crippen molar-refractivity contribution in [3.63, 3.8) is 0 Å². The van der Waals surface area contributed by atoms with Crippen LogP contribution in [0.1, 0.15) is 31.2 Å². The average Bonchev–Trinajstić information content (AvgIpc) is 3.34. The van der Waals surface area contributed by atoms with Crippen LogP contribution in [0.3, 0.4) is 0 Å². The van der Waals surface area contributed by atoms with Gasteiger partial charge in [-0.1, -0.05) is 24.6 Å². The van der Waals surface area contributed by atoms with Crippen molar-refractivity contribution >= 4 is 30.7 Å². The number of nitrogens with two attached hydrogens (primary N) is 1. The lowest BCUT2D eigenvalue weighted by molar-refractivity contribution is -0.122. The SMILES string of the molecule is Cl.Cl.N[C@@H]1CCC[C@H]1CC(=O)NCc1cn(-c2ccccc2)nc1-c1ccncc1. The molecule has 6 nitrogen and oxygen atoms in total. The topological polar surface area (TPSA) is 85.8 Å². The molecule has 1 saturated carbocycles. The summed E-state index contributed by atoms with van der Waals surface area (Å²) in [6, 6.07) is 14.0. The number of halogens is 2. The van der Waals surface area contributed by atoms with E-state index in [9.17, 15) is 4.79 Å². The highest BCUT2D eigenvalue weighted by Crippen LogP contribution is 2.27. The van der Waals surface area contributed by atoms with Crippen molar-refractivity contribution in [2.75, 3.05) is 0 Å². The van der Waals surface area contributed by atoms with Crippen LogP contribution >= 0.6 is 24.8 Å². The largest absolute Gasteiger partial charge is 0.352 e. The zero-order chi connectivity index (χ0) is 19.3. The molecule has 3 N–H and O–H groups in total. The van der Waals surface area contributed by atoms with Crippen LogP contribution < -0.4 is 11.1 Å². The lowest BCUT2D eigenvalue weighted by Gasteiger charge is -2.14. The van der Waals surface area contributed by atoms with E-state index >= 15 is 0 Å². The summed E-state index contributed by atoms with van der Waals surface area (Å²) in [4.78, 5) is 16.5. The Labute approximate surface area is 189 Å². The molecule has 30 heavy (non-hydrogen) atoms. The summed E-state index contributed by atoms with van der Waals surface area (Å²) in [7, 11) is 0. The zero-order valence-corrected chi connectivity index (χ0v) is 18.2. The Morgan fingerprint density at radius 2 is 1.83 bits per heavy atom. The second-order valence-electron chi connectivity index (χ2n) is 7.35. The predicted octanol–water partition coefficient (Wildman–Crippen LogP) is 3.91. The highest BCUT2D eigenvalue weighted by atomic mass is 35.5. The number of hydrogen-bond acceptors (Lipinski definition) is 4. The number of amides is 1. The molecule has 0 saturated heterocycles. The first kappa shape index (κ1) is 23.9. The van der Waals surface area contributed by atoms with E-state index in [1.54, 1.807) is 12.4 Å². The second-order valence-corrected chi connectivity index (χ2v) is 7.35. The summed E-state index contributed by atoms with van der Waals surface area (Å²) in [6.07, 6.45) is 9.17. The Morgan fingerprint density at radius 3 is 2.50 bits per heavy atom. The molecule has 1 fully saturated rings. The van der Waals surface area contributed by atoms with Crippen LogP contribution in [0.25, 0.3) is 16.9 Å². The summed E-state index contributed by atoms with van der Waals surface area (Å²) in [5.74, 6) is 0.349. The minimum absolute atomic E-state index is 0. The van der Waals surface area contributed by atoms with Crippen LogP contribution in [0.2, 0.25) is 0 Å². The van der Waals surface area contributed by atoms with E-state index in [-0.39, 0.29) is 36.8 Å². The third kappa shape index (κ3) is 5.59. The second kappa shape index (κ2) is 11.1. The molecule has 1 aliphatic rings. The van der Waals surface area contributed by atoms with Crippen molar-refractivity contribution < 1.29 is 4.79 Å². The molecule has 2 aromatic heterocycles. The summed E-state index contributed by atoms with van der Waals surface area (Å²) in [6.45, 7) is 0.436. The van der Waals surface area contributed by atoms with Gasteiger partial charge in [0.05, 0.1) is 11.4 Å². The van der Waals surface area contributed by atoms with Crippen molar-refractivity contribution in [1.29, 1.82) is 0 Å². The van der Waals surface area contributed by atoms with Crippen LogP contribution in [0.15, 0.2) is 61.1 Å². The smallest absolute Gasteiger partial charge is 0.220 e. The Morgan fingerprint density at radius 1 is 1.10 bits per heavy atom. The van der Waals surface area contributed by atoms with E-state index in [2.05, 4.69) is 10.3 Å². The maximum atomic E-state index is 12.4. The van der Waals surface area contributed by atoms with Gasteiger partial charge in [0.15, 0.2) is 0 Å². The van der Waals surface area contributed by atoms with E-state index in [4.69, 9.17) is 10.8 Å². The standard InChI is InChI=1S/C22H25N5O.2ClH/c23-20-8-4-5-17(20)13-21(28)25-14-18-15-27(19-6-2-1-3-7-19)26-22(18)16-9-11-24-12-10-16;;/h1-3,6-7,9-12,15,17,20H,4-5,8,13-14,23H2,(H,25,28);2*1H/t17-,20+;;/m0../s1. The summed E-state index contributed by atoms with van der Waals surface area (Å²) >= 11 is 0. The first-order valence-corrected chi connectivity index (χ1v) is 9.77. The van der Waals surface area contributed by atoms with Gasteiger partial charge in [0.25, 0.3) is 0 Å². The van der Waals surface area contributed by atoms with Gasteiger partial charge in [0.2, 0.25) is 5.91 Å². The number of para-hydroxylation sites is 1. The molecule has 1 aliphatic carbocycles. The van der Waals surface area contributed by atoms with Gasteiger partial charge in [0.1, 0.15) is 0 Å². The van der Waals surface area contributed by atoms with E-state index < -0.39 is 0 Å². The molecule has 0 radical (unpaired) electrons. The number of nitrogens with one attached hydrogen (secondary N) is 1. The molecule has 1 amide bonds. The van der Waals surface area contributed by atoms with Crippen LogP contribution in [-0.4, -0.2) is 26.7 Å². The molecule has 8 heteroatoms. The van der Waals surface area contributed by atoms with Crippen molar-refractivity contribution in [3.05, 3.63) is 66.6 Å². The van der Waals surface area contributed by atoms with Gasteiger partial charge >= 0.3 is 0 Å². The van der Waals surface area contributed by atoms with Crippen LogP contribution in [-0.2, 0) is 11.3 Å². The number of nitrogens with zero attached hydrogens (tertiary/aromatic N) is 3. The zero-order valence-electron chi connectivity index (χ0n) is 16.6. The number of aromatic nitrogens is 3. The van der Waals surface area contributed by atoms with Crippen LogP contribution in [0, 0.1) is 5.92 Å². The molecule has 3 aromatic rings. The maximum absolute atomic E-state index is 12.4. The number of rotatable bonds is 6. The number of hydrogen-bond donors (Lipinski definition) is 2. The van der Waals surface area contributed by atoms with Crippen molar-refractivity contribution in [2.45, 2.75) is 38.3 Å². The normalized spacial score (nSPS) is 17.6. The molecule has 0 bridgehead atoms.